The van der Waals surface area contributed by atoms with Crippen molar-refractivity contribution < 1.29 is 30.7 Å². The number of pyridine rings is 1. The van der Waals surface area contributed by atoms with E-state index in [2.05, 4.69) is 48.0 Å². The molecule has 1 unspecified atom stereocenters. The Morgan fingerprint density at radius 2 is 0.608 bits per heavy atom. The number of hydrogen-bond acceptors (Lipinski definition) is 4. The average Bonchev–Trinajstić information content (AvgIpc) is 1.55. The number of likely N-dealkylation sites (tertiary alicyclic amines) is 1. The van der Waals surface area contributed by atoms with Gasteiger partial charge in [-0.1, -0.05) is 6.07 Å². The van der Waals surface area contributed by atoms with Crippen LogP contribution in [-0.4, -0.2) is 37.0 Å². The van der Waals surface area contributed by atoms with Crippen LogP contribution in [0.3, 0.4) is 0 Å². The molecule has 2 spiro atoms. The molecule has 2 heterocycles. The van der Waals surface area contributed by atoms with E-state index in [9.17, 15) is 13.2 Å². The van der Waals surface area contributed by atoms with E-state index in [0.29, 0.717) is 0 Å². The van der Waals surface area contributed by atoms with Gasteiger partial charge in [-0.25, -0.2) is 13.0 Å². The van der Waals surface area contributed by atoms with Gasteiger partial charge in [-0.3, -0.25) is 4.90 Å². The first-order chi connectivity index (χ1) is 38.5. The zero-order valence-corrected chi connectivity index (χ0v) is 41.1. The molecule has 0 amide bonds. The lowest BCUT2D eigenvalue weighted by molar-refractivity contribution is -0.682. The largest absolute Gasteiger partial charge is 0.741 e. The van der Waals surface area contributed by atoms with E-state index in [4.69, 9.17) is 13.0 Å². The Balaban J connectivity index is 0.000000432. The first-order valence-electron chi connectivity index (χ1n) is 27.9. The van der Waals surface area contributed by atoms with E-state index in [1.807, 2.05) is 0 Å². The van der Waals surface area contributed by atoms with Gasteiger partial charge in [-0.05, 0) is 320 Å². The van der Waals surface area contributed by atoms with E-state index < -0.39 is 15.6 Å². The minimum atomic E-state index is -6.09. The highest BCUT2D eigenvalue weighted by molar-refractivity contribution is 7.86. The highest BCUT2D eigenvalue weighted by Gasteiger charge is 2.77. The van der Waals surface area contributed by atoms with Gasteiger partial charge in [0.25, 0.3) is 0 Å². The van der Waals surface area contributed by atoms with Gasteiger partial charge in [-0.15, -0.1) is 0 Å². The summed E-state index contributed by atoms with van der Waals surface area (Å²) >= 11 is 0. The number of aromatic nitrogens is 1. The molecule has 1 aromatic heterocycles. The van der Waals surface area contributed by atoms with Crippen molar-refractivity contribution in [3.8, 4) is 0 Å². The second-order valence-electron chi connectivity index (χ2n) is 27.4. The van der Waals surface area contributed by atoms with Crippen molar-refractivity contribution in [1.29, 1.82) is 0 Å². The summed E-state index contributed by atoms with van der Waals surface area (Å²) in [5, 5.41) is 90.4. The Hall–Kier alpha value is -8.73. The lowest BCUT2D eigenvalue weighted by Gasteiger charge is -2.51. The number of aryl methyl sites for hydroxylation is 1. The lowest BCUT2D eigenvalue weighted by Crippen LogP contribution is -2.53. The Bertz CT molecular complexity index is 7690. The van der Waals surface area contributed by atoms with Gasteiger partial charge in [-0.2, -0.15) is 13.2 Å². The molecule has 5 aliphatic rings. The van der Waals surface area contributed by atoms with Gasteiger partial charge < -0.3 is 4.55 Å². The third-order valence-electron chi connectivity index (χ3n) is 26.6. The minimum absolute atomic E-state index is 0.157. The second-order valence-corrected chi connectivity index (χ2v) is 28.8. The van der Waals surface area contributed by atoms with Crippen LogP contribution < -0.4 is 4.57 Å². The molecule has 79 heavy (non-hydrogen) atoms. The zero-order valence-electron chi connectivity index (χ0n) is 40.3. The molecular formula is C70H13F3N2O3S. The Labute approximate surface area is 429 Å². The van der Waals surface area contributed by atoms with Crippen LogP contribution in [0.5, 0.6) is 0 Å². The van der Waals surface area contributed by atoms with Gasteiger partial charge in [0.2, 0.25) is 0 Å². The highest BCUT2D eigenvalue weighted by atomic mass is 32.2. The van der Waals surface area contributed by atoms with Crippen LogP contribution in [0.1, 0.15) is 34.0 Å². The molecule has 5 nitrogen and oxygen atoms in total. The van der Waals surface area contributed by atoms with Crippen LogP contribution in [0.25, 0.3) is 291 Å². The predicted molar refractivity (Wildman–Crippen MR) is 313 cm³/mol. The Morgan fingerprint density at radius 1 is 0.405 bits per heavy atom. The maximum atomic E-state index is 10.7. The summed E-state index contributed by atoms with van der Waals surface area (Å²) in [5.74, 6) is 0. The van der Waals surface area contributed by atoms with Gasteiger partial charge in [0.1, 0.15) is 13.1 Å². The lowest BCUT2D eigenvalue weighted by atomic mass is 9.48. The van der Waals surface area contributed by atoms with Crippen molar-refractivity contribution in [3.05, 3.63) is 52.3 Å². The average molecular weight is 1020 g/mol. The van der Waals surface area contributed by atoms with Gasteiger partial charge in [0, 0.05) is 18.7 Å². The van der Waals surface area contributed by atoms with E-state index in [1.54, 1.807) is 313 Å². The van der Waals surface area contributed by atoms with Crippen molar-refractivity contribution >= 4 is 301 Å². The maximum Gasteiger partial charge on any atom is 0.485 e. The third-order valence-corrected chi connectivity index (χ3v) is 27.1. The summed E-state index contributed by atoms with van der Waals surface area (Å²) < 4.78 is 61.5. The van der Waals surface area contributed by atoms with Crippen LogP contribution in [-0.2, 0) is 28.0 Å². The molecule has 1 fully saturated rings. The summed E-state index contributed by atoms with van der Waals surface area (Å²) in [6.07, 6.45) is 2.37. The fourth-order valence-electron chi connectivity index (χ4n) is 26.3. The molecule has 4 aliphatic carbocycles. The molecule has 34 rings (SSSR count). The molecule has 0 N–H and O–H groups in total. The number of alkyl halides is 3. The molecule has 0 bridgehead atoms. The molecule has 0 saturated carbocycles. The van der Waals surface area contributed by atoms with E-state index >= 15 is 0 Å². The summed E-state index contributed by atoms with van der Waals surface area (Å²) in [5.41, 5.74) is 2.36. The van der Waals surface area contributed by atoms with E-state index in [0.717, 1.165) is 6.54 Å². The molecule has 9 heteroatoms. The normalized spacial score (nSPS) is 22.8. The van der Waals surface area contributed by atoms with Gasteiger partial charge in [0.15, 0.2) is 22.0 Å². The SMILES string of the molecule is CN1CC23c4c5c6c7c8c9c(c%10c%11c2c2c4c4c%12c5c5c6c6c8c8c%13c9c9c%10c%10c%11c%11c2c2c4c4c%12c%12c5c5c6c8c6c8c%13c9c9c%10c%10c%11c2c2c4c4c%12c5c6c5c8c9c%10c2c45)C73C1c1cccc[n+]1C.O=S(=O)([O-])C(F)(F)F. The Morgan fingerprint density at radius 3 is 0.810 bits per heavy atom. The third kappa shape index (κ3) is 1.93. The topological polar surface area (TPSA) is 64.3 Å². The van der Waals surface area contributed by atoms with Crippen LogP contribution >= 0.6 is 0 Å². The molecule has 28 aromatic carbocycles. The first-order valence-corrected chi connectivity index (χ1v) is 29.3. The zero-order chi connectivity index (χ0) is 49.3. The van der Waals surface area contributed by atoms with E-state index in [-0.39, 0.29) is 16.9 Å². The molecule has 1 atom stereocenters. The van der Waals surface area contributed by atoms with Crippen LogP contribution in [0.4, 0.5) is 13.2 Å². The molecule has 0 radical (unpaired) electrons. The van der Waals surface area contributed by atoms with E-state index in [1.165, 1.54) is 5.69 Å². The van der Waals surface area contributed by atoms with Crippen LogP contribution in [0, 0.1) is 0 Å². The number of likely N-dealkylation sites (N-methyl/N-ethyl adjacent to an activating group) is 1. The fraction of sp³-hybridized carbons (Fsp3) is 0.100. The highest BCUT2D eigenvalue weighted by Crippen LogP contribution is 2.87. The molecule has 1 aliphatic heterocycles. The van der Waals surface area contributed by atoms with Gasteiger partial charge >= 0.3 is 5.51 Å². The smallest absolute Gasteiger partial charge is 0.485 e. The number of hydrogen-bond donors (Lipinski definition) is 0. The quantitative estimate of drug-likeness (QED) is 0.0711. The summed E-state index contributed by atoms with van der Waals surface area (Å²) in [6, 6.07) is 7.36. The summed E-state index contributed by atoms with van der Waals surface area (Å²) in [7, 11) is -1.15. The van der Waals surface area contributed by atoms with Gasteiger partial charge in [0.05, 0.1) is 10.8 Å². The summed E-state index contributed by atoms with van der Waals surface area (Å²) in [6.45, 7) is 1.04. The number of nitrogens with zero attached hydrogens (tertiary/aromatic N) is 2. The molecule has 29 aromatic rings. The fourth-order valence-corrected chi connectivity index (χ4v) is 26.3. The van der Waals surface area contributed by atoms with Crippen LogP contribution in [0.15, 0.2) is 24.4 Å². The van der Waals surface area contributed by atoms with Crippen molar-refractivity contribution in [2.75, 3.05) is 13.6 Å². The monoisotopic (exact) mass is 1020 g/mol. The maximum absolute atomic E-state index is 10.7. The molecule has 1 saturated heterocycles. The van der Waals surface area contributed by atoms with Crippen LogP contribution in [0.2, 0.25) is 0 Å². The number of benzene rings is 18. The number of rotatable bonds is 1. The van der Waals surface area contributed by atoms with Crippen molar-refractivity contribution in [2.24, 2.45) is 7.05 Å². The first kappa shape index (κ1) is 32.9. The predicted octanol–water partition coefficient (Wildman–Crippen LogP) is 16.9. The van der Waals surface area contributed by atoms with Crippen molar-refractivity contribution in [1.82, 2.24) is 4.90 Å². The van der Waals surface area contributed by atoms with Crippen molar-refractivity contribution in [3.63, 3.8) is 0 Å². The second kappa shape index (κ2) is 7.59. The summed E-state index contributed by atoms with van der Waals surface area (Å²) in [4.78, 5) is 2.94. The van der Waals surface area contributed by atoms with Crippen molar-refractivity contribution in [2.45, 2.75) is 22.4 Å². The molecule has 348 valence electrons. The standard InChI is InChI=1S/C69H13N2.CHF3O3S/c1-70-6-4-3-5-8(70)67-69-65-59-53-43-31-23-15-11-9-10-13-17(15)25(31)35-29-21(13)22-14(10)18-16-12(9)20-19(11)27-33(23)41-47-37(27)38-28(20)34-24(16)32-26(18)36-30(22)40-39(29)51(45(35)53)61(65)62-52(40)46(36)54-44(32)50-42(34)48(38)56-55(47)63(57(59)49(41)43)68(69,7-71(67)2)64(56)58(50)60(54)66(62)69;2-1(3,4)8(5,6)7/h3-6,67H,7H2,1-2H3;(H,5,6,7)/q+1;/p-1. The minimum Gasteiger partial charge on any atom is -0.741 e. The Kier molecular flexibility index (Phi) is 3.16. The number of halogens is 3. The molecular weight excluding hydrogens is 1010 g/mol.